The summed E-state index contributed by atoms with van der Waals surface area (Å²) >= 11 is 0. The van der Waals surface area contributed by atoms with Crippen LogP contribution in [-0.4, -0.2) is 41.3 Å². The van der Waals surface area contributed by atoms with Crippen molar-refractivity contribution in [3.63, 3.8) is 0 Å². The smallest absolute Gasteiger partial charge is 0.240 e. The number of aryl methyl sites for hydroxylation is 1. The molecule has 1 fully saturated rings. The van der Waals surface area contributed by atoms with E-state index < -0.39 is 0 Å². The summed E-state index contributed by atoms with van der Waals surface area (Å²) in [6.07, 6.45) is 3.11. The lowest BCUT2D eigenvalue weighted by molar-refractivity contribution is 0.160. The number of hydrogen-bond acceptors (Lipinski definition) is 5. The molecular weight excluding hydrogens is 230 g/mol. The van der Waals surface area contributed by atoms with Crippen molar-refractivity contribution in [3.05, 3.63) is 11.7 Å². The molecule has 0 N–H and O–H groups in total. The highest BCUT2D eigenvalue weighted by Gasteiger charge is 2.19. The maximum atomic E-state index is 5.41. The van der Waals surface area contributed by atoms with Gasteiger partial charge in [0.05, 0.1) is 13.2 Å². The van der Waals surface area contributed by atoms with Crippen LogP contribution in [0.25, 0.3) is 0 Å². The summed E-state index contributed by atoms with van der Waals surface area (Å²) in [5.74, 6) is 2.22. The van der Waals surface area contributed by atoms with Crippen molar-refractivity contribution in [2.45, 2.75) is 39.7 Å². The first-order valence-electron chi connectivity index (χ1n) is 6.93. The summed E-state index contributed by atoms with van der Waals surface area (Å²) in [5.41, 5.74) is 0. The van der Waals surface area contributed by atoms with Crippen LogP contribution in [0.5, 0.6) is 0 Å². The maximum absolute atomic E-state index is 5.41. The first-order chi connectivity index (χ1) is 8.81. The van der Waals surface area contributed by atoms with E-state index in [2.05, 4.69) is 28.9 Å². The standard InChI is InChI=1S/C13H23N3O2/c1-3-5-12-14-13(18-15-12)9-16(4-2)8-11-6-7-17-10-11/h11H,3-10H2,1-2H3. The molecule has 1 unspecified atom stereocenters. The lowest BCUT2D eigenvalue weighted by atomic mass is 10.1. The quantitative estimate of drug-likeness (QED) is 0.742. The lowest BCUT2D eigenvalue weighted by Crippen LogP contribution is -2.29. The van der Waals surface area contributed by atoms with E-state index in [9.17, 15) is 0 Å². The molecule has 1 saturated heterocycles. The third-order valence-electron chi connectivity index (χ3n) is 3.33. The van der Waals surface area contributed by atoms with Crippen LogP contribution in [0.15, 0.2) is 4.52 Å². The molecule has 0 radical (unpaired) electrons. The van der Waals surface area contributed by atoms with Gasteiger partial charge in [-0.3, -0.25) is 4.90 Å². The zero-order valence-electron chi connectivity index (χ0n) is 11.4. The van der Waals surface area contributed by atoms with Gasteiger partial charge < -0.3 is 9.26 Å². The number of ether oxygens (including phenoxy) is 1. The molecule has 1 aromatic heterocycles. The van der Waals surface area contributed by atoms with Crippen molar-refractivity contribution < 1.29 is 9.26 Å². The van der Waals surface area contributed by atoms with Crippen molar-refractivity contribution in [2.75, 3.05) is 26.3 Å². The van der Waals surface area contributed by atoms with Crippen LogP contribution in [0, 0.1) is 5.92 Å². The minimum absolute atomic E-state index is 0.656. The SMILES string of the molecule is CCCc1noc(CN(CC)CC2CCOC2)n1. The van der Waals surface area contributed by atoms with Gasteiger partial charge in [0.15, 0.2) is 5.82 Å². The van der Waals surface area contributed by atoms with Gasteiger partial charge in [0, 0.05) is 19.6 Å². The Balaban J connectivity index is 1.83. The molecule has 0 saturated carbocycles. The fourth-order valence-corrected chi connectivity index (χ4v) is 2.27. The second-order valence-corrected chi connectivity index (χ2v) is 4.91. The molecular formula is C13H23N3O2. The van der Waals surface area contributed by atoms with Crippen LogP contribution in [0.2, 0.25) is 0 Å². The highest BCUT2D eigenvalue weighted by atomic mass is 16.5. The molecule has 5 heteroatoms. The molecule has 1 aliphatic rings. The van der Waals surface area contributed by atoms with Crippen LogP contribution in [0.4, 0.5) is 0 Å². The monoisotopic (exact) mass is 253 g/mol. The van der Waals surface area contributed by atoms with Crippen LogP contribution < -0.4 is 0 Å². The predicted octanol–water partition coefficient (Wildman–Crippen LogP) is 1.88. The van der Waals surface area contributed by atoms with Gasteiger partial charge in [-0.05, 0) is 25.3 Å². The van der Waals surface area contributed by atoms with E-state index in [1.807, 2.05) is 0 Å². The molecule has 18 heavy (non-hydrogen) atoms. The van der Waals surface area contributed by atoms with Crippen molar-refractivity contribution in [2.24, 2.45) is 5.92 Å². The average molecular weight is 253 g/mol. The van der Waals surface area contributed by atoms with Crippen molar-refractivity contribution >= 4 is 0 Å². The zero-order chi connectivity index (χ0) is 12.8. The highest BCUT2D eigenvalue weighted by molar-refractivity contribution is 4.86. The molecule has 5 nitrogen and oxygen atoms in total. The average Bonchev–Trinajstić information content (AvgIpc) is 3.01. The number of aromatic nitrogens is 2. The van der Waals surface area contributed by atoms with E-state index in [1.54, 1.807) is 0 Å². The Bertz CT molecular complexity index is 348. The Labute approximate surface area is 108 Å². The summed E-state index contributed by atoms with van der Waals surface area (Å²) in [4.78, 5) is 6.76. The zero-order valence-corrected chi connectivity index (χ0v) is 11.4. The van der Waals surface area contributed by atoms with E-state index in [4.69, 9.17) is 9.26 Å². The van der Waals surface area contributed by atoms with E-state index in [-0.39, 0.29) is 0 Å². The van der Waals surface area contributed by atoms with Gasteiger partial charge >= 0.3 is 0 Å². The summed E-state index contributed by atoms with van der Waals surface area (Å²) < 4.78 is 10.7. The van der Waals surface area contributed by atoms with Crippen molar-refractivity contribution in [3.8, 4) is 0 Å². The summed E-state index contributed by atoms with van der Waals surface area (Å²) in [7, 11) is 0. The number of hydrogen-bond donors (Lipinski definition) is 0. The normalized spacial score (nSPS) is 19.8. The highest BCUT2D eigenvalue weighted by Crippen LogP contribution is 2.15. The molecule has 1 aromatic rings. The lowest BCUT2D eigenvalue weighted by Gasteiger charge is -2.21. The first kappa shape index (κ1) is 13.5. The number of rotatable bonds is 7. The fourth-order valence-electron chi connectivity index (χ4n) is 2.27. The summed E-state index contributed by atoms with van der Waals surface area (Å²) in [6.45, 7) is 8.89. The van der Waals surface area contributed by atoms with Gasteiger partial charge in [0.1, 0.15) is 0 Å². The van der Waals surface area contributed by atoms with Gasteiger partial charge in [-0.1, -0.05) is 19.0 Å². The molecule has 0 amide bonds. The van der Waals surface area contributed by atoms with E-state index in [1.165, 1.54) is 6.42 Å². The molecule has 2 rings (SSSR count). The van der Waals surface area contributed by atoms with Crippen LogP contribution in [-0.2, 0) is 17.7 Å². The molecule has 0 aliphatic carbocycles. The van der Waals surface area contributed by atoms with Crippen LogP contribution in [0.3, 0.4) is 0 Å². The summed E-state index contributed by atoms with van der Waals surface area (Å²) in [6, 6.07) is 0. The Morgan fingerprint density at radius 1 is 1.39 bits per heavy atom. The molecule has 0 aromatic carbocycles. The maximum Gasteiger partial charge on any atom is 0.240 e. The third-order valence-corrected chi connectivity index (χ3v) is 3.33. The molecule has 0 spiro atoms. The van der Waals surface area contributed by atoms with Crippen molar-refractivity contribution in [1.82, 2.24) is 15.0 Å². The largest absolute Gasteiger partial charge is 0.381 e. The first-order valence-corrected chi connectivity index (χ1v) is 6.93. The van der Waals surface area contributed by atoms with Crippen LogP contribution in [0.1, 0.15) is 38.4 Å². The third kappa shape index (κ3) is 3.78. The van der Waals surface area contributed by atoms with Gasteiger partial charge in [-0.25, -0.2) is 0 Å². The fraction of sp³-hybridized carbons (Fsp3) is 0.846. The van der Waals surface area contributed by atoms with Crippen molar-refractivity contribution in [1.29, 1.82) is 0 Å². The van der Waals surface area contributed by atoms with Gasteiger partial charge in [-0.2, -0.15) is 4.98 Å². The topological polar surface area (TPSA) is 51.4 Å². The molecule has 102 valence electrons. The minimum atomic E-state index is 0.656. The molecule has 1 aliphatic heterocycles. The second-order valence-electron chi connectivity index (χ2n) is 4.91. The summed E-state index contributed by atoms with van der Waals surface area (Å²) in [5, 5.41) is 3.99. The molecule has 1 atom stereocenters. The molecule has 2 heterocycles. The van der Waals surface area contributed by atoms with Gasteiger partial charge in [-0.15, -0.1) is 0 Å². The predicted molar refractivity (Wildman–Crippen MR) is 68.2 cm³/mol. The Kier molecular flexibility index (Phi) is 5.13. The van der Waals surface area contributed by atoms with E-state index in [0.717, 1.165) is 57.4 Å². The second kappa shape index (κ2) is 6.85. The molecule has 0 bridgehead atoms. The van der Waals surface area contributed by atoms with Gasteiger partial charge in [0.2, 0.25) is 5.89 Å². The van der Waals surface area contributed by atoms with E-state index in [0.29, 0.717) is 5.92 Å². The Morgan fingerprint density at radius 2 is 2.28 bits per heavy atom. The van der Waals surface area contributed by atoms with E-state index >= 15 is 0 Å². The van der Waals surface area contributed by atoms with Crippen LogP contribution >= 0.6 is 0 Å². The van der Waals surface area contributed by atoms with Gasteiger partial charge in [0.25, 0.3) is 0 Å². The number of nitrogens with zero attached hydrogens (tertiary/aromatic N) is 3. The Morgan fingerprint density at radius 3 is 2.94 bits per heavy atom. The minimum Gasteiger partial charge on any atom is -0.381 e. The Hall–Kier alpha value is -0.940.